The normalized spacial score (nSPS) is 19.3. The number of benzene rings is 5. The highest BCUT2D eigenvalue weighted by molar-refractivity contribution is 6.19. The Kier molecular flexibility index (Phi) is 5.33. The zero-order valence-electron chi connectivity index (χ0n) is 22.0. The summed E-state index contributed by atoms with van der Waals surface area (Å²) in [5.41, 5.74) is 6.61. The molecule has 2 aliphatic rings. The SMILES string of the molecule is CN1C=C(C2(C)C=CC(c3c4ccccc4c(-c4ccc5ccccc5c4)c4ccccc34)=CC2)C=CC1. The van der Waals surface area contributed by atoms with Gasteiger partial charge in [0.2, 0.25) is 0 Å². The second kappa shape index (κ2) is 8.89. The van der Waals surface area contributed by atoms with E-state index in [4.69, 9.17) is 0 Å². The van der Waals surface area contributed by atoms with E-state index >= 15 is 0 Å². The summed E-state index contributed by atoms with van der Waals surface area (Å²) in [5.74, 6) is 0. The molecular weight excluding hydrogens is 458 g/mol. The first-order valence-electron chi connectivity index (χ1n) is 13.5. The summed E-state index contributed by atoms with van der Waals surface area (Å²) >= 11 is 0. The van der Waals surface area contributed by atoms with Gasteiger partial charge in [0, 0.05) is 25.2 Å². The minimum Gasteiger partial charge on any atom is -0.376 e. The van der Waals surface area contributed by atoms with Gasteiger partial charge in [-0.3, -0.25) is 0 Å². The van der Waals surface area contributed by atoms with Crippen LogP contribution in [0.3, 0.4) is 0 Å². The van der Waals surface area contributed by atoms with Gasteiger partial charge >= 0.3 is 0 Å². The summed E-state index contributed by atoms with van der Waals surface area (Å²) in [6.45, 7) is 3.33. The average molecular weight is 490 g/mol. The molecule has 0 fully saturated rings. The molecule has 7 rings (SSSR count). The number of nitrogens with zero attached hydrogens (tertiary/aromatic N) is 1. The van der Waals surface area contributed by atoms with E-state index in [0.717, 1.165) is 13.0 Å². The number of rotatable bonds is 3. The van der Waals surface area contributed by atoms with Gasteiger partial charge in [0.15, 0.2) is 0 Å². The van der Waals surface area contributed by atoms with Crippen molar-refractivity contribution in [2.45, 2.75) is 13.3 Å². The summed E-state index contributed by atoms with van der Waals surface area (Å²) < 4.78 is 0. The lowest BCUT2D eigenvalue weighted by Gasteiger charge is -2.33. The van der Waals surface area contributed by atoms with Crippen LogP contribution in [0.2, 0.25) is 0 Å². The molecule has 0 spiro atoms. The highest BCUT2D eigenvalue weighted by atomic mass is 15.1. The minimum atomic E-state index is 0.00528. The molecule has 5 aromatic carbocycles. The molecule has 1 heteroatoms. The largest absolute Gasteiger partial charge is 0.376 e. The zero-order chi connectivity index (χ0) is 25.7. The van der Waals surface area contributed by atoms with Gasteiger partial charge in [-0.05, 0) is 72.6 Å². The highest BCUT2D eigenvalue weighted by Gasteiger charge is 2.28. The molecule has 184 valence electrons. The van der Waals surface area contributed by atoms with Crippen molar-refractivity contribution in [3.05, 3.63) is 139 Å². The molecule has 1 nitrogen and oxygen atoms in total. The van der Waals surface area contributed by atoms with Crippen molar-refractivity contribution in [2.75, 3.05) is 13.6 Å². The van der Waals surface area contributed by atoms with Crippen molar-refractivity contribution in [1.82, 2.24) is 4.90 Å². The van der Waals surface area contributed by atoms with E-state index in [9.17, 15) is 0 Å². The average Bonchev–Trinajstić information content (AvgIpc) is 2.96. The monoisotopic (exact) mass is 489 g/mol. The Morgan fingerprint density at radius 2 is 1.32 bits per heavy atom. The van der Waals surface area contributed by atoms with Crippen LogP contribution in [-0.4, -0.2) is 18.5 Å². The molecule has 1 unspecified atom stereocenters. The quantitative estimate of drug-likeness (QED) is 0.228. The summed E-state index contributed by atoms with van der Waals surface area (Å²) in [4.78, 5) is 2.26. The third kappa shape index (κ3) is 3.70. The van der Waals surface area contributed by atoms with Crippen molar-refractivity contribution in [2.24, 2.45) is 5.41 Å². The Balaban J connectivity index is 1.43. The fourth-order valence-electron chi connectivity index (χ4n) is 6.24. The molecule has 1 atom stereocenters. The van der Waals surface area contributed by atoms with Crippen LogP contribution in [0.1, 0.15) is 18.9 Å². The van der Waals surface area contributed by atoms with Gasteiger partial charge in [0.1, 0.15) is 0 Å². The lowest BCUT2D eigenvalue weighted by molar-refractivity contribution is 0.459. The molecule has 1 heterocycles. The Hall–Kier alpha value is -4.36. The van der Waals surface area contributed by atoms with Gasteiger partial charge in [-0.15, -0.1) is 0 Å². The number of hydrogen-bond acceptors (Lipinski definition) is 1. The van der Waals surface area contributed by atoms with Crippen LogP contribution in [0.15, 0.2) is 133 Å². The van der Waals surface area contributed by atoms with Crippen LogP contribution in [0.25, 0.3) is 49.0 Å². The summed E-state index contributed by atoms with van der Waals surface area (Å²) in [7, 11) is 2.15. The molecular formula is C37H31N. The maximum atomic E-state index is 2.45. The first kappa shape index (κ1) is 22.8. The third-order valence-electron chi connectivity index (χ3n) is 8.34. The number of hydrogen-bond donors (Lipinski definition) is 0. The standard InChI is InChI=1S/C37H31N/c1-37(30-12-9-23-38(2)25-30)21-19-27(20-22-37)35-31-13-5-7-15-33(31)36(34-16-8-6-14-32(34)35)29-18-17-26-10-3-4-11-28(26)24-29/h3-21,24-25H,22-23H2,1-2H3. The van der Waals surface area contributed by atoms with E-state index < -0.39 is 0 Å². The molecule has 0 saturated heterocycles. The zero-order valence-corrected chi connectivity index (χ0v) is 22.0. The smallest absolute Gasteiger partial charge is 0.0354 e. The van der Waals surface area contributed by atoms with Crippen molar-refractivity contribution < 1.29 is 0 Å². The van der Waals surface area contributed by atoms with Crippen molar-refractivity contribution >= 4 is 37.9 Å². The lowest BCUT2D eigenvalue weighted by atomic mass is 9.74. The highest BCUT2D eigenvalue weighted by Crippen LogP contribution is 2.46. The van der Waals surface area contributed by atoms with Gasteiger partial charge < -0.3 is 4.90 Å². The molecule has 5 aromatic rings. The molecule has 1 aliphatic heterocycles. The molecule has 0 radical (unpaired) electrons. The van der Waals surface area contributed by atoms with E-state index in [-0.39, 0.29) is 5.41 Å². The third-order valence-corrected chi connectivity index (χ3v) is 8.34. The van der Waals surface area contributed by atoms with Gasteiger partial charge in [-0.1, -0.05) is 122 Å². The summed E-state index contributed by atoms with van der Waals surface area (Å²) in [6.07, 6.45) is 15.1. The Morgan fingerprint density at radius 1 is 0.684 bits per heavy atom. The fourth-order valence-corrected chi connectivity index (χ4v) is 6.24. The first-order chi connectivity index (χ1) is 18.6. The van der Waals surface area contributed by atoms with Gasteiger partial charge in [-0.2, -0.15) is 0 Å². The molecule has 0 bridgehead atoms. The van der Waals surface area contributed by atoms with Gasteiger partial charge in [0.05, 0.1) is 0 Å². The number of fused-ring (bicyclic) bond motifs is 3. The van der Waals surface area contributed by atoms with Crippen molar-refractivity contribution in [3.63, 3.8) is 0 Å². The topological polar surface area (TPSA) is 3.24 Å². The first-order valence-corrected chi connectivity index (χ1v) is 13.5. The van der Waals surface area contributed by atoms with Gasteiger partial charge in [0.25, 0.3) is 0 Å². The predicted molar refractivity (Wildman–Crippen MR) is 164 cm³/mol. The van der Waals surface area contributed by atoms with E-state index in [1.165, 1.54) is 60.2 Å². The minimum absolute atomic E-state index is 0.00528. The number of likely N-dealkylation sites (N-methyl/N-ethyl adjacent to an activating group) is 1. The van der Waals surface area contributed by atoms with Gasteiger partial charge in [-0.25, -0.2) is 0 Å². The van der Waals surface area contributed by atoms with Crippen molar-refractivity contribution in [3.8, 4) is 11.1 Å². The fraction of sp³-hybridized carbons (Fsp3) is 0.135. The molecule has 0 aromatic heterocycles. The summed E-state index contributed by atoms with van der Waals surface area (Å²) in [6, 6.07) is 33.4. The number of allylic oxidation sites excluding steroid dienone is 6. The van der Waals surface area contributed by atoms with Crippen LogP contribution in [0.4, 0.5) is 0 Å². The van der Waals surface area contributed by atoms with Crippen LogP contribution in [0.5, 0.6) is 0 Å². The Labute approximate surface area is 224 Å². The maximum absolute atomic E-state index is 2.45. The van der Waals surface area contributed by atoms with Crippen molar-refractivity contribution in [1.29, 1.82) is 0 Å². The summed E-state index contributed by atoms with van der Waals surface area (Å²) in [5, 5.41) is 7.78. The van der Waals surface area contributed by atoms with E-state index in [0.29, 0.717) is 0 Å². The van der Waals surface area contributed by atoms with E-state index in [1.807, 2.05) is 0 Å². The van der Waals surface area contributed by atoms with E-state index in [2.05, 4.69) is 146 Å². The molecule has 0 saturated carbocycles. The van der Waals surface area contributed by atoms with E-state index in [1.54, 1.807) is 0 Å². The molecule has 1 aliphatic carbocycles. The lowest BCUT2D eigenvalue weighted by Crippen LogP contribution is -2.23. The predicted octanol–water partition coefficient (Wildman–Crippen LogP) is 9.55. The second-order valence-corrected chi connectivity index (χ2v) is 10.9. The second-order valence-electron chi connectivity index (χ2n) is 10.9. The van der Waals surface area contributed by atoms with Crippen LogP contribution in [-0.2, 0) is 0 Å². The van der Waals surface area contributed by atoms with Crippen LogP contribution >= 0.6 is 0 Å². The molecule has 0 N–H and O–H groups in total. The van der Waals surface area contributed by atoms with Crippen LogP contribution in [0, 0.1) is 5.41 Å². The Morgan fingerprint density at radius 3 is 1.95 bits per heavy atom. The molecule has 0 amide bonds. The van der Waals surface area contributed by atoms with Crippen LogP contribution < -0.4 is 0 Å². The maximum Gasteiger partial charge on any atom is 0.0354 e. The Bertz CT molecular complexity index is 1790. The molecule has 38 heavy (non-hydrogen) atoms.